The third kappa shape index (κ3) is 2.93. The minimum absolute atomic E-state index is 0.438. The summed E-state index contributed by atoms with van der Waals surface area (Å²) in [5.74, 6) is 0. The Hall–Kier alpha value is -1.11. The molecule has 1 fully saturated rings. The van der Waals surface area contributed by atoms with Crippen LogP contribution in [0.3, 0.4) is 0 Å². The number of rotatable bonds is 5. The molecular formula is C15H23N3O2S. The minimum Gasteiger partial charge on any atom is -0.346 e. The van der Waals surface area contributed by atoms with Gasteiger partial charge < -0.3 is 9.88 Å². The molecule has 1 aromatic rings. The Morgan fingerprint density at radius 2 is 2.14 bits per heavy atom. The first kappa shape index (κ1) is 14.8. The summed E-state index contributed by atoms with van der Waals surface area (Å²) >= 11 is 0. The van der Waals surface area contributed by atoms with Crippen molar-refractivity contribution in [3.05, 3.63) is 29.6 Å². The Morgan fingerprint density at radius 1 is 1.38 bits per heavy atom. The van der Waals surface area contributed by atoms with E-state index in [1.54, 1.807) is 4.31 Å². The van der Waals surface area contributed by atoms with E-state index >= 15 is 0 Å². The first-order valence-corrected chi connectivity index (χ1v) is 8.97. The van der Waals surface area contributed by atoms with E-state index in [0.717, 1.165) is 25.0 Å². The third-order valence-electron chi connectivity index (χ3n) is 4.24. The van der Waals surface area contributed by atoms with Gasteiger partial charge in [0.15, 0.2) is 0 Å². The predicted molar refractivity (Wildman–Crippen MR) is 82.6 cm³/mol. The molecule has 0 unspecified atom stereocenters. The van der Waals surface area contributed by atoms with Crippen LogP contribution in [0.1, 0.15) is 37.9 Å². The summed E-state index contributed by atoms with van der Waals surface area (Å²) in [6, 6.07) is 2.32. The Labute approximate surface area is 126 Å². The first-order chi connectivity index (χ1) is 10.0. The van der Waals surface area contributed by atoms with Crippen LogP contribution >= 0.6 is 0 Å². The first-order valence-electron chi connectivity index (χ1n) is 7.53. The van der Waals surface area contributed by atoms with E-state index < -0.39 is 10.0 Å². The van der Waals surface area contributed by atoms with Gasteiger partial charge in [-0.15, -0.1) is 0 Å². The monoisotopic (exact) mass is 309 g/mol. The lowest BCUT2D eigenvalue weighted by Crippen LogP contribution is -2.34. The second kappa shape index (κ2) is 5.59. The van der Waals surface area contributed by atoms with Crippen molar-refractivity contribution < 1.29 is 8.42 Å². The van der Waals surface area contributed by atoms with Crippen LogP contribution in [0.25, 0.3) is 0 Å². The lowest BCUT2D eigenvalue weighted by atomic mass is 10.1. The SMILES string of the molecule is CNCc1cc(S(=O)(=O)N2CC=C(C)CC2)cn1C1CC1. The summed E-state index contributed by atoms with van der Waals surface area (Å²) in [7, 11) is -1.49. The van der Waals surface area contributed by atoms with Gasteiger partial charge in [0.2, 0.25) is 10.0 Å². The summed E-state index contributed by atoms with van der Waals surface area (Å²) < 4.78 is 29.3. The van der Waals surface area contributed by atoms with E-state index in [9.17, 15) is 8.42 Å². The zero-order valence-electron chi connectivity index (χ0n) is 12.7. The second-order valence-corrected chi connectivity index (χ2v) is 7.94. The number of aromatic nitrogens is 1. The molecule has 0 atom stereocenters. The van der Waals surface area contributed by atoms with E-state index in [-0.39, 0.29) is 0 Å². The topological polar surface area (TPSA) is 54.3 Å². The van der Waals surface area contributed by atoms with Gasteiger partial charge >= 0.3 is 0 Å². The van der Waals surface area contributed by atoms with Crippen molar-refractivity contribution >= 4 is 10.0 Å². The van der Waals surface area contributed by atoms with Crippen molar-refractivity contribution in [3.63, 3.8) is 0 Å². The van der Waals surface area contributed by atoms with E-state index in [1.165, 1.54) is 5.57 Å². The van der Waals surface area contributed by atoms with E-state index in [0.29, 0.717) is 30.6 Å². The van der Waals surface area contributed by atoms with Gasteiger partial charge in [0.1, 0.15) is 4.90 Å². The smallest absolute Gasteiger partial charge is 0.244 e. The number of nitrogens with one attached hydrogen (secondary N) is 1. The van der Waals surface area contributed by atoms with Crippen molar-refractivity contribution in [2.45, 2.75) is 43.7 Å². The lowest BCUT2D eigenvalue weighted by Gasteiger charge is -2.24. The molecule has 1 aromatic heterocycles. The molecule has 116 valence electrons. The molecule has 0 spiro atoms. The fourth-order valence-corrected chi connectivity index (χ4v) is 4.20. The van der Waals surface area contributed by atoms with Crippen LogP contribution in [0.2, 0.25) is 0 Å². The molecule has 3 rings (SSSR count). The van der Waals surface area contributed by atoms with Gasteiger partial charge in [-0.3, -0.25) is 0 Å². The van der Waals surface area contributed by atoms with Crippen LogP contribution in [-0.4, -0.2) is 37.4 Å². The molecule has 0 amide bonds. The molecule has 1 aliphatic heterocycles. The van der Waals surface area contributed by atoms with E-state index in [1.807, 2.05) is 25.4 Å². The summed E-state index contributed by atoms with van der Waals surface area (Å²) in [4.78, 5) is 0.438. The average molecular weight is 309 g/mol. The van der Waals surface area contributed by atoms with Crippen LogP contribution < -0.4 is 5.32 Å². The van der Waals surface area contributed by atoms with Gasteiger partial charge in [-0.25, -0.2) is 8.42 Å². The highest BCUT2D eigenvalue weighted by Gasteiger charge is 2.31. The molecule has 0 bridgehead atoms. The number of nitrogens with zero attached hydrogens (tertiary/aromatic N) is 2. The van der Waals surface area contributed by atoms with Crippen LogP contribution in [-0.2, 0) is 16.6 Å². The van der Waals surface area contributed by atoms with Crippen LogP contribution in [0.4, 0.5) is 0 Å². The molecule has 0 radical (unpaired) electrons. The van der Waals surface area contributed by atoms with Gasteiger partial charge in [0, 0.05) is 37.6 Å². The van der Waals surface area contributed by atoms with Gasteiger partial charge in [0.05, 0.1) is 0 Å². The number of sulfonamides is 1. The maximum atomic E-state index is 12.8. The van der Waals surface area contributed by atoms with Gasteiger partial charge in [-0.2, -0.15) is 4.31 Å². The summed E-state index contributed by atoms with van der Waals surface area (Å²) in [5, 5.41) is 3.12. The Bertz CT molecular complexity index is 656. The molecule has 2 heterocycles. The Balaban J connectivity index is 1.90. The highest BCUT2D eigenvalue weighted by molar-refractivity contribution is 7.89. The number of hydrogen-bond donors (Lipinski definition) is 1. The van der Waals surface area contributed by atoms with Crippen molar-refractivity contribution in [1.82, 2.24) is 14.2 Å². The molecule has 21 heavy (non-hydrogen) atoms. The highest BCUT2D eigenvalue weighted by atomic mass is 32.2. The van der Waals surface area contributed by atoms with Crippen molar-refractivity contribution in [1.29, 1.82) is 0 Å². The average Bonchev–Trinajstić information content (AvgIpc) is 3.21. The second-order valence-electron chi connectivity index (χ2n) is 6.00. The fourth-order valence-electron chi connectivity index (χ4n) is 2.77. The molecular weight excluding hydrogens is 286 g/mol. The van der Waals surface area contributed by atoms with Crippen LogP contribution in [0.15, 0.2) is 28.8 Å². The zero-order chi connectivity index (χ0) is 15.0. The summed E-state index contributed by atoms with van der Waals surface area (Å²) in [6.07, 6.45) is 6.96. The van der Waals surface area contributed by atoms with Crippen molar-refractivity contribution in [2.75, 3.05) is 20.1 Å². The molecule has 1 N–H and O–H groups in total. The normalized spacial score (nSPS) is 20.6. The largest absolute Gasteiger partial charge is 0.346 e. The molecule has 1 saturated carbocycles. The van der Waals surface area contributed by atoms with Crippen molar-refractivity contribution in [3.8, 4) is 0 Å². The van der Waals surface area contributed by atoms with Crippen LogP contribution in [0, 0.1) is 0 Å². The lowest BCUT2D eigenvalue weighted by molar-refractivity contribution is 0.431. The quantitative estimate of drug-likeness (QED) is 0.845. The summed E-state index contributed by atoms with van der Waals surface area (Å²) in [6.45, 7) is 3.83. The molecule has 0 aromatic carbocycles. The summed E-state index contributed by atoms with van der Waals surface area (Å²) in [5.41, 5.74) is 2.33. The van der Waals surface area contributed by atoms with Crippen molar-refractivity contribution in [2.24, 2.45) is 0 Å². The third-order valence-corrected chi connectivity index (χ3v) is 6.07. The molecule has 1 aliphatic carbocycles. The van der Waals surface area contributed by atoms with Gasteiger partial charge in [-0.1, -0.05) is 11.6 Å². The van der Waals surface area contributed by atoms with E-state index in [2.05, 4.69) is 16.8 Å². The van der Waals surface area contributed by atoms with Gasteiger partial charge in [-0.05, 0) is 39.3 Å². The Kier molecular flexibility index (Phi) is 3.94. The van der Waals surface area contributed by atoms with E-state index in [4.69, 9.17) is 0 Å². The zero-order valence-corrected chi connectivity index (χ0v) is 13.5. The molecule has 2 aliphatic rings. The fraction of sp³-hybridized carbons (Fsp3) is 0.600. The predicted octanol–water partition coefficient (Wildman–Crippen LogP) is 1.88. The van der Waals surface area contributed by atoms with Crippen LogP contribution in [0.5, 0.6) is 0 Å². The maximum Gasteiger partial charge on any atom is 0.244 e. The Morgan fingerprint density at radius 3 is 2.71 bits per heavy atom. The minimum atomic E-state index is -3.37. The molecule has 5 nitrogen and oxygen atoms in total. The van der Waals surface area contributed by atoms with Gasteiger partial charge in [0.25, 0.3) is 0 Å². The number of hydrogen-bond acceptors (Lipinski definition) is 3. The standard InChI is InChI=1S/C15H23N3O2S/c1-12-5-7-17(8-6-12)21(19,20)15-9-14(10-16-2)18(11-15)13-3-4-13/h5,9,11,13,16H,3-4,6-8,10H2,1-2H3. The molecule has 0 saturated heterocycles. The highest BCUT2D eigenvalue weighted by Crippen LogP contribution is 2.37. The maximum absolute atomic E-state index is 12.8. The molecule has 6 heteroatoms.